The van der Waals surface area contributed by atoms with Crippen molar-refractivity contribution in [3.63, 3.8) is 0 Å². The van der Waals surface area contributed by atoms with E-state index in [4.69, 9.17) is 4.74 Å². The lowest BCUT2D eigenvalue weighted by Gasteiger charge is -2.15. The van der Waals surface area contributed by atoms with Crippen LogP contribution in [0.4, 0.5) is 0 Å². The molecule has 92 valence electrons. The number of hydrogen-bond acceptors (Lipinski definition) is 4. The van der Waals surface area contributed by atoms with Crippen molar-refractivity contribution in [2.24, 2.45) is 0 Å². The van der Waals surface area contributed by atoms with Crippen molar-refractivity contribution in [2.75, 3.05) is 20.3 Å². The number of rotatable bonds is 8. The molecule has 0 aliphatic rings. The van der Waals surface area contributed by atoms with Crippen LogP contribution < -0.4 is 5.32 Å². The topological polar surface area (TPSA) is 41.5 Å². The molecule has 0 aliphatic heterocycles. The Morgan fingerprint density at radius 1 is 1.56 bits per heavy atom. The Labute approximate surface area is 101 Å². The van der Waals surface area contributed by atoms with Crippen LogP contribution in [0, 0.1) is 0 Å². The van der Waals surface area contributed by atoms with Gasteiger partial charge in [0.25, 0.3) is 0 Å². The maximum atomic E-state index is 9.46. The van der Waals surface area contributed by atoms with E-state index in [-0.39, 0.29) is 6.10 Å². The Balaban J connectivity index is 2.08. The van der Waals surface area contributed by atoms with Crippen LogP contribution in [0.2, 0.25) is 0 Å². The third kappa shape index (κ3) is 5.61. The van der Waals surface area contributed by atoms with Crippen LogP contribution in [0.3, 0.4) is 0 Å². The first kappa shape index (κ1) is 13.6. The fourth-order valence-corrected chi connectivity index (χ4v) is 2.29. The van der Waals surface area contributed by atoms with Crippen LogP contribution in [-0.4, -0.2) is 37.5 Å². The predicted molar refractivity (Wildman–Crippen MR) is 68.0 cm³/mol. The molecule has 3 nitrogen and oxygen atoms in total. The summed E-state index contributed by atoms with van der Waals surface area (Å²) in [6, 6.07) is 2.60. The van der Waals surface area contributed by atoms with Gasteiger partial charge in [0.15, 0.2) is 0 Å². The molecule has 1 heterocycles. The van der Waals surface area contributed by atoms with E-state index in [0.717, 1.165) is 19.4 Å². The molecule has 2 unspecified atom stereocenters. The molecule has 0 spiro atoms. The Morgan fingerprint density at radius 3 is 3.00 bits per heavy atom. The number of aliphatic hydroxyl groups is 1. The van der Waals surface area contributed by atoms with Crippen molar-refractivity contribution in [1.82, 2.24) is 5.32 Å². The number of aliphatic hydroxyl groups excluding tert-OH is 1. The van der Waals surface area contributed by atoms with E-state index in [1.54, 1.807) is 18.4 Å². The van der Waals surface area contributed by atoms with Crippen molar-refractivity contribution in [3.8, 4) is 0 Å². The van der Waals surface area contributed by atoms with Crippen molar-refractivity contribution < 1.29 is 9.84 Å². The molecule has 0 aliphatic carbocycles. The van der Waals surface area contributed by atoms with Gasteiger partial charge in [-0.25, -0.2) is 0 Å². The van der Waals surface area contributed by atoms with E-state index >= 15 is 0 Å². The normalized spacial score (nSPS) is 14.9. The van der Waals surface area contributed by atoms with Gasteiger partial charge in [0.1, 0.15) is 0 Å². The van der Waals surface area contributed by atoms with E-state index < -0.39 is 0 Å². The molecule has 0 saturated heterocycles. The SMILES string of the molecule is COCC(O)CCNC(C)Cc1ccsc1. The van der Waals surface area contributed by atoms with Gasteiger partial charge in [-0.2, -0.15) is 11.3 Å². The van der Waals surface area contributed by atoms with Gasteiger partial charge in [-0.15, -0.1) is 0 Å². The smallest absolute Gasteiger partial charge is 0.0785 e. The first-order valence-electron chi connectivity index (χ1n) is 5.64. The summed E-state index contributed by atoms with van der Waals surface area (Å²) >= 11 is 1.73. The second kappa shape index (κ2) is 7.79. The maximum Gasteiger partial charge on any atom is 0.0785 e. The Hall–Kier alpha value is -0.420. The molecule has 0 amide bonds. The van der Waals surface area contributed by atoms with Gasteiger partial charge in [0.2, 0.25) is 0 Å². The summed E-state index contributed by atoms with van der Waals surface area (Å²) in [5.74, 6) is 0. The Morgan fingerprint density at radius 2 is 2.38 bits per heavy atom. The monoisotopic (exact) mass is 243 g/mol. The average molecular weight is 243 g/mol. The summed E-state index contributed by atoms with van der Waals surface area (Å²) in [6.45, 7) is 3.41. The van der Waals surface area contributed by atoms with Crippen molar-refractivity contribution in [2.45, 2.75) is 31.9 Å². The lowest BCUT2D eigenvalue weighted by Crippen LogP contribution is -2.31. The lowest BCUT2D eigenvalue weighted by molar-refractivity contribution is 0.0591. The number of methoxy groups -OCH3 is 1. The zero-order valence-corrected chi connectivity index (χ0v) is 10.8. The summed E-state index contributed by atoms with van der Waals surface area (Å²) in [7, 11) is 1.61. The summed E-state index contributed by atoms with van der Waals surface area (Å²) in [4.78, 5) is 0. The predicted octanol–water partition coefficient (Wildman–Crippen LogP) is 1.67. The molecule has 1 rings (SSSR count). The minimum atomic E-state index is -0.356. The van der Waals surface area contributed by atoms with Crippen molar-refractivity contribution >= 4 is 11.3 Å². The fourth-order valence-electron chi connectivity index (χ4n) is 1.61. The van der Waals surface area contributed by atoms with Gasteiger partial charge in [-0.3, -0.25) is 0 Å². The summed E-state index contributed by atoms with van der Waals surface area (Å²) < 4.78 is 4.87. The van der Waals surface area contributed by atoms with Gasteiger partial charge in [-0.1, -0.05) is 0 Å². The summed E-state index contributed by atoms with van der Waals surface area (Å²) in [5, 5.41) is 17.1. The van der Waals surface area contributed by atoms with Crippen LogP contribution in [0.15, 0.2) is 16.8 Å². The number of hydrogen-bond donors (Lipinski definition) is 2. The van der Waals surface area contributed by atoms with Gasteiger partial charge in [-0.05, 0) is 48.7 Å². The standard InChI is InChI=1S/C12H21NO2S/c1-10(7-11-4-6-16-9-11)13-5-3-12(14)8-15-2/h4,6,9-10,12-14H,3,5,7-8H2,1-2H3. The molecule has 0 fully saturated rings. The van der Waals surface area contributed by atoms with E-state index in [2.05, 4.69) is 29.1 Å². The fraction of sp³-hybridized carbons (Fsp3) is 0.667. The highest BCUT2D eigenvalue weighted by Gasteiger charge is 2.06. The molecular formula is C12H21NO2S. The summed E-state index contributed by atoms with van der Waals surface area (Å²) in [5.41, 5.74) is 1.38. The lowest BCUT2D eigenvalue weighted by atomic mass is 10.1. The largest absolute Gasteiger partial charge is 0.391 e. The Kier molecular flexibility index (Phi) is 6.64. The van der Waals surface area contributed by atoms with Crippen LogP contribution in [0.25, 0.3) is 0 Å². The molecule has 1 aromatic heterocycles. The second-order valence-corrected chi connectivity index (χ2v) is 4.87. The third-order valence-electron chi connectivity index (χ3n) is 2.45. The molecule has 4 heteroatoms. The highest BCUT2D eigenvalue weighted by atomic mass is 32.1. The molecule has 0 aromatic carbocycles. The Bertz CT molecular complexity index is 264. The molecular weight excluding hydrogens is 222 g/mol. The second-order valence-electron chi connectivity index (χ2n) is 4.09. The van der Waals surface area contributed by atoms with E-state index in [1.165, 1.54) is 5.56 Å². The molecule has 0 radical (unpaired) electrons. The molecule has 0 bridgehead atoms. The van der Waals surface area contributed by atoms with Gasteiger partial charge in [0.05, 0.1) is 12.7 Å². The first-order valence-corrected chi connectivity index (χ1v) is 6.58. The summed E-state index contributed by atoms with van der Waals surface area (Å²) in [6.07, 6.45) is 1.43. The number of ether oxygens (including phenoxy) is 1. The molecule has 2 atom stereocenters. The van der Waals surface area contributed by atoms with Crippen molar-refractivity contribution in [1.29, 1.82) is 0 Å². The van der Waals surface area contributed by atoms with Crippen LogP contribution in [0.5, 0.6) is 0 Å². The van der Waals surface area contributed by atoms with E-state index in [1.807, 2.05) is 0 Å². The van der Waals surface area contributed by atoms with Crippen LogP contribution >= 0.6 is 11.3 Å². The van der Waals surface area contributed by atoms with Gasteiger partial charge < -0.3 is 15.2 Å². The van der Waals surface area contributed by atoms with E-state index in [0.29, 0.717) is 12.6 Å². The number of thiophene rings is 1. The zero-order valence-electron chi connectivity index (χ0n) is 9.98. The minimum Gasteiger partial charge on any atom is -0.391 e. The zero-order chi connectivity index (χ0) is 11.8. The maximum absolute atomic E-state index is 9.46. The minimum absolute atomic E-state index is 0.356. The molecule has 1 aromatic rings. The molecule has 16 heavy (non-hydrogen) atoms. The van der Waals surface area contributed by atoms with Gasteiger partial charge in [0, 0.05) is 13.2 Å². The average Bonchev–Trinajstić information content (AvgIpc) is 2.70. The van der Waals surface area contributed by atoms with Crippen LogP contribution in [0.1, 0.15) is 18.9 Å². The first-order chi connectivity index (χ1) is 7.72. The highest BCUT2D eigenvalue weighted by Crippen LogP contribution is 2.08. The highest BCUT2D eigenvalue weighted by molar-refractivity contribution is 7.07. The van der Waals surface area contributed by atoms with E-state index in [9.17, 15) is 5.11 Å². The van der Waals surface area contributed by atoms with Gasteiger partial charge >= 0.3 is 0 Å². The number of nitrogens with one attached hydrogen (secondary N) is 1. The molecule has 2 N–H and O–H groups in total. The third-order valence-corrected chi connectivity index (χ3v) is 3.18. The quantitative estimate of drug-likeness (QED) is 0.730. The molecule has 0 saturated carbocycles. The van der Waals surface area contributed by atoms with Crippen molar-refractivity contribution in [3.05, 3.63) is 22.4 Å². The van der Waals surface area contributed by atoms with Crippen LogP contribution in [-0.2, 0) is 11.2 Å².